The third kappa shape index (κ3) is 4.16. The van der Waals surface area contributed by atoms with Crippen molar-refractivity contribution >= 4 is 6.03 Å². The first-order valence-corrected chi connectivity index (χ1v) is 5.93. The highest BCUT2D eigenvalue weighted by Gasteiger charge is 2.06. The molecule has 18 heavy (non-hydrogen) atoms. The van der Waals surface area contributed by atoms with Gasteiger partial charge in [-0.1, -0.05) is 6.92 Å². The Morgan fingerprint density at radius 3 is 2.61 bits per heavy atom. The first-order valence-electron chi connectivity index (χ1n) is 5.93. The minimum atomic E-state index is -0.172. The number of hydrogen-bond donors (Lipinski definition) is 2. The topological polar surface area (TPSA) is 59.6 Å². The third-order valence-corrected chi connectivity index (χ3v) is 2.47. The molecule has 0 aliphatic carbocycles. The van der Waals surface area contributed by atoms with E-state index in [0.29, 0.717) is 18.8 Å². The number of amides is 2. The molecule has 0 aromatic heterocycles. The summed E-state index contributed by atoms with van der Waals surface area (Å²) in [5, 5.41) is 5.52. The van der Waals surface area contributed by atoms with Gasteiger partial charge in [-0.25, -0.2) is 4.79 Å². The maximum atomic E-state index is 11.4. The van der Waals surface area contributed by atoms with Crippen molar-refractivity contribution in [3.8, 4) is 11.5 Å². The van der Waals surface area contributed by atoms with Crippen LogP contribution in [0.3, 0.4) is 0 Å². The van der Waals surface area contributed by atoms with Gasteiger partial charge in [0.1, 0.15) is 11.5 Å². The van der Waals surface area contributed by atoms with Gasteiger partial charge in [0.2, 0.25) is 0 Å². The molecule has 0 aliphatic rings. The fourth-order valence-electron chi connectivity index (χ4n) is 1.47. The number of nitrogens with one attached hydrogen (secondary N) is 2. The van der Waals surface area contributed by atoms with Crippen LogP contribution >= 0.6 is 0 Å². The number of benzene rings is 1. The zero-order valence-electron chi connectivity index (χ0n) is 11.1. The Balaban J connectivity index is 2.58. The van der Waals surface area contributed by atoms with Crippen molar-refractivity contribution in [2.45, 2.75) is 19.9 Å². The highest BCUT2D eigenvalue weighted by molar-refractivity contribution is 5.73. The SMILES string of the molecule is CCCNC(=O)NCc1ccc(OC)cc1OC. The second-order valence-electron chi connectivity index (χ2n) is 3.79. The van der Waals surface area contributed by atoms with Crippen LogP contribution in [-0.4, -0.2) is 26.8 Å². The van der Waals surface area contributed by atoms with E-state index in [0.717, 1.165) is 17.7 Å². The standard InChI is InChI=1S/C13H20N2O3/c1-4-7-14-13(16)15-9-10-5-6-11(17-2)8-12(10)18-3/h5-6,8H,4,7,9H2,1-3H3,(H2,14,15,16). The molecule has 0 saturated heterocycles. The lowest BCUT2D eigenvalue weighted by Gasteiger charge is -2.11. The van der Waals surface area contributed by atoms with E-state index in [1.54, 1.807) is 20.3 Å². The number of carbonyl (C=O) groups excluding carboxylic acids is 1. The largest absolute Gasteiger partial charge is 0.497 e. The van der Waals surface area contributed by atoms with Crippen molar-refractivity contribution < 1.29 is 14.3 Å². The second kappa shape index (κ2) is 7.42. The molecule has 0 saturated carbocycles. The van der Waals surface area contributed by atoms with Crippen LogP contribution in [0.15, 0.2) is 18.2 Å². The normalized spacial score (nSPS) is 9.72. The van der Waals surface area contributed by atoms with Crippen molar-refractivity contribution in [2.24, 2.45) is 0 Å². The molecular formula is C13H20N2O3. The Bertz CT molecular complexity index is 394. The molecule has 0 radical (unpaired) electrons. The van der Waals surface area contributed by atoms with Gasteiger partial charge in [-0.3, -0.25) is 0 Å². The van der Waals surface area contributed by atoms with E-state index >= 15 is 0 Å². The molecule has 0 aliphatic heterocycles. The smallest absolute Gasteiger partial charge is 0.315 e. The zero-order valence-corrected chi connectivity index (χ0v) is 11.1. The van der Waals surface area contributed by atoms with Crippen LogP contribution in [0.4, 0.5) is 4.79 Å². The lowest BCUT2D eigenvalue weighted by molar-refractivity contribution is 0.240. The summed E-state index contributed by atoms with van der Waals surface area (Å²) in [4.78, 5) is 11.4. The minimum absolute atomic E-state index is 0.172. The van der Waals surface area contributed by atoms with Gasteiger partial charge in [-0.2, -0.15) is 0 Å². The summed E-state index contributed by atoms with van der Waals surface area (Å²) in [5.74, 6) is 1.43. The molecule has 2 amide bonds. The fourth-order valence-corrected chi connectivity index (χ4v) is 1.47. The molecule has 0 bridgehead atoms. The van der Waals surface area contributed by atoms with Crippen LogP contribution in [0, 0.1) is 0 Å². The summed E-state index contributed by atoms with van der Waals surface area (Å²) in [6, 6.07) is 5.33. The Labute approximate surface area is 107 Å². The molecule has 1 rings (SSSR count). The lowest BCUT2D eigenvalue weighted by Crippen LogP contribution is -2.35. The maximum absolute atomic E-state index is 11.4. The van der Waals surface area contributed by atoms with Gasteiger partial charge in [0, 0.05) is 24.7 Å². The Hall–Kier alpha value is -1.91. The molecule has 100 valence electrons. The van der Waals surface area contributed by atoms with Crippen molar-refractivity contribution in [1.82, 2.24) is 10.6 Å². The number of ether oxygens (including phenoxy) is 2. The van der Waals surface area contributed by atoms with Gasteiger partial charge in [0.05, 0.1) is 14.2 Å². The van der Waals surface area contributed by atoms with E-state index in [1.165, 1.54) is 0 Å². The maximum Gasteiger partial charge on any atom is 0.315 e. The van der Waals surface area contributed by atoms with Crippen molar-refractivity contribution in [3.05, 3.63) is 23.8 Å². The molecule has 5 nitrogen and oxygen atoms in total. The monoisotopic (exact) mass is 252 g/mol. The quantitative estimate of drug-likeness (QED) is 0.813. The van der Waals surface area contributed by atoms with Crippen LogP contribution in [0.1, 0.15) is 18.9 Å². The third-order valence-electron chi connectivity index (χ3n) is 2.47. The molecule has 0 heterocycles. The second-order valence-corrected chi connectivity index (χ2v) is 3.79. The summed E-state index contributed by atoms with van der Waals surface area (Å²) in [5.41, 5.74) is 0.907. The highest BCUT2D eigenvalue weighted by atomic mass is 16.5. The van der Waals surface area contributed by atoms with Crippen molar-refractivity contribution in [2.75, 3.05) is 20.8 Å². The molecule has 5 heteroatoms. The van der Waals surface area contributed by atoms with Gasteiger partial charge in [0.25, 0.3) is 0 Å². The summed E-state index contributed by atoms with van der Waals surface area (Å²) >= 11 is 0. The predicted octanol–water partition coefficient (Wildman–Crippen LogP) is 1.91. The van der Waals surface area contributed by atoms with Crippen molar-refractivity contribution in [3.63, 3.8) is 0 Å². The van der Waals surface area contributed by atoms with Crippen LogP contribution in [0.25, 0.3) is 0 Å². The number of hydrogen-bond acceptors (Lipinski definition) is 3. The zero-order chi connectivity index (χ0) is 13.4. The number of methoxy groups -OCH3 is 2. The summed E-state index contributed by atoms with van der Waals surface area (Å²) in [7, 11) is 3.19. The van der Waals surface area contributed by atoms with Crippen molar-refractivity contribution in [1.29, 1.82) is 0 Å². The van der Waals surface area contributed by atoms with E-state index in [-0.39, 0.29) is 6.03 Å². The first-order chi connectivity index (χ1) is 8.71. The number of carbonyl (C=O) groups is 1. The molecule has 1 aromatic carbocycles. The number of urea groups is 1. The molecule has 0 spiro atoms. The Morgan fingerprint density at radius 2 is 2.00 bits per heavy atom. The van der Waals surface area contributed by atoms with Crippen LogP contribution in [0.5, 0.6) is 11.5 Å². The van der Waals surface area contributed by atoms with Gasteiger partial charge in [-0.05, 0) is 18.6 Å². The lowest BCUT2D eigenvalue weighted by atomic mass is 10.2. The number of rotatable bonds is 6. The molecule has 2 N–H and O–H groups in total. The molecule has 1 aromatic rings. The first kappa shape index (κ1) is 14.2. The average molecular weight is 252 g/mol. The predicted molar refractivity (Wildman–Crippen MR) is 70.1 cm³/mol. The highest BCUT2D eigenvalue weighted by Crippen LogP contribution is 2.24. The van der Waals surface area contributed by atoms with Crippen LogP contribution in [-0.2, 0) is 6.54 Å². The Morgan fingerprint density at radius 1 is 1.22 bits per heavy atom. The van der Waals surface area contributed by atoms with Gasteiger partial charge in [-0.15, -0.1) is 0 Å². The fraction of sp³-hybridized carbons (Fsp3) is 0.462. The molecule has 0 unspecified atom stereocenters. The van der Waals surface area contributed by atoms with E-state index < -0.39 is 0 Å². The van der Waals surface area contributed by atoms with E-state index in [2.05, 4.69) is 10.6 Å². The summed E-state index contributed by atoms with van der Waals surface area (Å²) in [6.45, 7) is 3.10. The summed E-state index contributed by atoms with van der Waals surface area (Å²) in [6.07, 6.45) is 0.916. The van der Waals surface area contributed by atoms with E-state index in [9.17, 15) is 4.79 Å². The molecule has 0 atom stereocenters. The van der Waals surface area contributed by atoms with Gasteiger partial charge in [0.15, 0.2) is 0 Å². The molecule has 0 fully saturated rings. The van der Waals surface area contributed by atoms with E-state index in [4.69, 9.17) is 9.47 Å². The van der Waals surface area contributed by atoms with Crippen LogP contribution in [0.2, 0.25) is 0 Å². The molecular weight excluding hydrogens is 232 g/mol. The Kier molecular flexibility index (Phi) is 5.84. The van der Waals surface area contributed by atoms with Crippen LogP contribution < -0.4 is 20.1 Å². The van der Waals surface area contributed by atoms with Gasteiger partial charge >= 0.3 is 6.03 Å². The minimum Gasteiger partial charge on any atom is -0.497 e. The van der Waals surface area contributed by atoms with E-state index in [1.807, 2.05) is 19.1 Å². The average Bonchev–Trinajstić information content (AvgIpc) is 2.42. The van der Waals surface area contributed by atoms with Gasteiger partial charge < -0.3 is 20.1 Å². The summed E-state index contributed by atoms with van der Waals surface area (Å²) < 4.78 is 10.4.